The Bertz CT molecular complexity index is 4290. The zero-order valence-corrected chi connectivity index (χ0v) is 40.5. The monoisotopic (exact) mass is 916 g/mol. The molecule has 5 heteroatoms. The molecule has 0 saturated carbocycles. The van der Waals surface area contributed by atoms with Crippen molar-refractivity contribution >= 4 is 163 Å². The predicted molar refractivity (Wildman–Crippen MR) is 304 cm³/mol. The molecule has 11 aromatic carbocycles. The quantitative estimate of drug-likeness (QED) is 0.128. The first-order valence-corrected chi connectivity index (χ1v) is 26.1. The van der Waals surface area contributed by atoms with E-state index in [1.165, 1.54) is 145 Å². The molecule has 2 nitrogen and oxygen atoms in total. The van der Waals surface area contributed by atoms with E-state index in [1.807, 2.05) is 22.7 Å². The van der Waals surface area contributed by atoms with Crippen LogP contribution in [-0.2, 0) is 0 Å². The van der Waals surface area contributed by atoms with E-state index >= 15 is 0 Å². The van der Waals surface area contributed by atoms with E-state index in [0.717, 1.165) is 0 Å². The SMILES string of the molecule is CC(C)c1ccc2sc3c(c2c1)B1c2c(cccc2N(c2cccc4c5ccccc5c5ccccc5c24)c2sc4ccc(C(C)C)cc4c21)N3c1ccc2c3ccccc3c3ccccc3c2c1. The lowest BCUT2D eigenvalue weighted by atomic mass is 9.33. The van der Waals surface area contributed by atoms with Crippen molar-refractivity contribution in [2.75, 3.05) is 9.80 Å². The summed E-state index contributed by atoms with van der Waals surface area (Å²) >= 11 is 3.92. The third-order valence-corrected chi connectivity index (χ3v) is 17.9. The Labute approximate surface area is 409 Å². The van der Waals surface area contributed by atoms with Crippen LogP contribution in [0.4, 0.5) is 32.8 Å². The van der Waals surface area contributed by atoms with Gasteiger partial charge in [-0.1, -0.05) is 173 Å². The molecule has 326 valence electrons. The second kappa shape index (κ2) is 14.5. The van der Waals surface area contributed by atoms with Gasteiger partial charge in [0.1, 0.15) is 0 Å². The maximum Gasteiger partial charge on any atom is 0.256 e. The molecule has 2 aliphatic heterocycles. The molecule has 0 unspecified atom stereocenters. The fourth-order valence-electron chi connectivity index (χ4n) is 12.4. The molecule has 0 fully saturated rings. The Balaban J connectivity index is 1.09. The Hall–Kier alpha value is -7.44. The molecular formula is C64H45BN2S2. The average molecular weight is 917 g/mol. The van der Waals surface area contributed by atoms with E-state index in [0.29, 0.717) is 11.8 Å². The predicted octanol–water partition coefficient (Wildman–Crippen LogP) is 17.4. The molecule has 0 aliphatic carbocycles. The third-order valence-electron chi connectivity index (χ3n) is 15.6. The second-order valence-corrected chi connectivity index (χ2v) is 21.9. The molecule has 13 aromatic rings. The standard InChI is InChI=1S/C64H45BN2S2/c1-36(2)38-27-31-57-52(33-38)60-63(68-57)66(40-29-30-48-43-17-6-5-15-41(43)42-16-8-10-21-47(42)51(48)35-40)55-25-14-26-56-62(55)65(60)61-53-34-39(37(3)4)28-32-58(53)69-64(61)67(56)54-24-13-23-50-46-19-9-7-18-44(46)45-20-11-12-22-49(45)59(50)54/h5-37H,1-4H3. The highest BCUT2D eigenvalue weighted by Gasteiger charge is 2.47. The Kier molecular flexibility index (Phi) is 8.33. The maximum atomic E-state index is 2.67. The van der Waals surface area contributed by atoms with Crippen molar-refractivity contribution in [1.82, 2.24) is 0 Å². The minimum Gasteiger partial charge on any atom is -0.303 e. The van der Waals surface area contributed by atoms with Gasteiger partial charge in [0, 0.05) is 31.8 Å². The summed E-state index contributed by atoms with van der Waals surface area (Å²) in [4.78, 5) is 5.31. The van der Waals surface area contributed by atoms with Crippen LogP contribution in [0.1, 0.15) is 50.7 Å². The first-order chi connectivity index (χ1) is 33.9. The Morgan fingerprint density at radius 3 is 1.26 bits per heavy atom. The summed E-state index contributed by atoms with van der Waals surface area (Å²) in [7, 11) is 0. The molecule has 2 aromatic heterocycles. The number of rotatable bonds is 4. The van der Waals surface area contributed by atoms with Gasteiger partial charge in [-0.25, -0.2) is 0 Å². The molecule has 0 spiro atoms. The van der Waals surface area contributed by atoms with Gasteiger partial charge >= 0.3 is 0 Å². The molecule has 0 amide bonds. The summed E-state index contributed by atoms with van der Waals surface area (Å²) < 4.78 is 2.67. The maximum absolute atomic E-state index is 2.67. The van der Waals surface area contributed by atoms with E-state index in [2.05, 4.69) is 226 Å². The second-order valence-electron chi connectivity index (χ2n) is 19.9. The summed E-state index contributed by atoms with van der Waals surface area (Å²) in [6, 6.07) is 72.0. The van der Waals surface area contributed by atoms with Crippen LogP contribution in [0.15, 0.2) is 188 Å². The van der Waals surface area contributed by atoms with Crippen LogP contribution >= 0.6 is 22.7 Å². The molecule has 0 radical (unpaired) electrons. The van der Waals surface area contributed by atoms with Crippen LogP contribution in [0.5, 0.6) is 0 Å². The first kappa shape index (κ1) is 39.5. The van der Waals surface area contributed by atoms with Gasteiger partial charge < -0.3 is 9.80 Å². The van der Waals surface area contributed by atoms with Gasteiger partial charge in [0.05, 0.1) is 15.7 Å². The molecule has 15 rings (SSSR count). The Morgan fingerprint density at radius 2 is 0.739 bits per heavy atom. The lowest BCUT2D eigenvalue weighted by Crippen LogP contribution is -2.60. The lowest BCUT2D eigenvalue weighted by molar-refractivity contribution is 0.869. The van der Waals surface area contributed by atoms with Crippen LogP contribution in [-0.4, -0.2) is 6.71 Å². The third kappa shape index (κ3) is 5.43. The fourth-order valence-corrected chi connectivity index (χ4v) is 14.9. The summed E-state index contributed by atoms with van der Waals surface area (Å²) in [5.41, 5.74) is 11.9. The van der Waals surface area contributed by atoms with Crippen LogP contribution in [0.2, 0.25) is 0 Å². The smallest absolute Gasteiger partial charge is 0.256 e. The van der Waals surface area contributed by atoms with Crippen LogP contribution in [0.3, 0.4) is 0 Å². The highest BCUT2D eigenvalue weighted by atomic mass is 32.1. The van der Waals surface area contributed by atoms with Gasteiger partial charge in [-0.05, 0) is 152 Å². The van der Waals surface area contributed by atoms with Crippen LogP contribution < -0.4 is 26.2 Å². The number of nitrogens with zero attached hydrogens (tertiary/aromatic N) is 2. The summed E-state index contributed by atoms with van der Waals surface area (Å²) in [5, 5.41) is 20.8. The normalized spacial score (nSPS) is 13.4. The highest BCUT2D eigenvalue weighted by Crippen LogP contribution is 2.53. The van der Waals surface area contributed by atoms with E-state index in [4.69, 9.17) is 0 Å². The molecule has 69 heavy (non-hydrogen) atoms. The summed E-state index contributed by atoms with van der Waals surface area (Å²) in [6.45, 7) is 9.33. The molecule has 0 atom stereocenters. The summed E-state index contributed by atoms with van der Waals surface area (Å²) in [6.07, 6.45) is 0. The van der Waals surface area contributed by atoms with E-state index in [-0.39, 0.29) is 6.71 Å². The molecule has 4 heterocycles. The van der Waals surface area contributed by atoms with E-state index in [9.17, 15) is 0 Å². The van der Waals surface area contributed by atoms with Gasteiger partial charge in [-0.3, -0.25) is 0 Å². The van der Waals surface area contributed by atoms with Crippen molar-refractivity contribution in [3.8, 4) is 0 Å². The van der Waals surface area contributed by atoms with Crippen molar-refractivity contribution in [1.29, 1.82) is 0 Å². The number of fused-ring (bicyclic) bond motifs is 20. The molecule has 2 aliphatic rings. The van der Waals surface area contributed by atoms with Crippen molar-refractivity contribution in [2.45, 2.75) is 39.5 Å². The van der Waals surface area contributed by atoms with Gasteiger partial charge in [-0.2, -0.15) is 0 Å². The first-order valence-electron chi connectivity index (χ1n) is 24.4. The highest BCUT2D eigenvalue weighted by molar-refractivity contribution is 7.29. The lowest BCUT2D eigenvalue weighted by Gasteiger charge is -2.42. The van der Waals surface area contributed by atoms with E-state index in [1.54, 1.807) is 0 Å². The van der Waals surface area contributed by atoms with Crippen LogP contribution in [0.25, 0.3) is 84.8 Å². The molecule has 0 bridgehead atoms. The largest absolute Gasteiger partial charge is 0.303 e. The Morgan fingerprint density at radius 1 is 0.333 bits per heavy atom. The van der Waals surface area contributed by atoms with Gasteiger partial charge in [-0.15, -0.1) is 22.7 Å². The van der Waals surface area contributed by atoms with Crippen molar-refractivity contribution in [3.05, 3.63) is 199 Å². The van der Waals surface area contributed by atoms with Crippen LogP contribution in [0, 0.1) is 0 Å². The minimum absolute atomic E-state index is 0.0128. The number of hydrogen-bond donors (Lipinski definition) is 0. The number of hydrogen-bond acceptors (Lipinski definition) is 4. The topological polar surface area (TPSA) is 6.48 Å². The summed E-state index contributed by atoms with van der Waals surface area (Å²) in [5.74, 6) is 0.806. The molecule has 0 saturated heterocycles. The fraction of sp³-hybridized carbons (Fsp3) is 0.0938. The zero-order valence-electron chi connectivity index (χ0n) is 38.8. The van der Waals surface area contributed by atoms with Crippen molar-refractivity contribution in [2.24, 2.45) is 0 Å². The number of anilines is 6. The van der Waals surface area contributed by atoms with Crippen molar-refractivity contribution < 1.29 is 0 Å². The zero-order chi connectivity index (χ0) is 45.8. The van der Waals surface area contributed by atoms with Gasteiger partial charge in [0.25, 0.3) is 6.71 Å². The number of benzene rings is 11. The average Bonchev–Trinajstić information content (AvgIpc) is 3.97. The number of thiophene rings is 2. The van der Waals surface area contributed by atoms with Gasteiger partial charge in [0.2, 0.25) is 0 Å². The van der Waals surface area contributed by atoms with Crippen molar-refractivity contribution in [3.63, 3.8) is 0 Å². The minimum atomic E-state index is 0.0128. The van der Waals surface area contributed by atoms with Gasteiger partial charge in [0.15, 0.2) is 0 Å². The molecular weight excluding hydrogens is 872 g/mol. The molecule has 0 N–H and O–H groups in total. The van der Waals surface area contributed by atoms with E-state index < -0.39 is 0 Å².